The second kappa shape index (κ2) is 23.1. The number of aromatic carboxylic acids is 1. The van der Waals surface area contributed by atoms with Crippen LogP contribution in [0.3, 0.4) is 0 Å². The summed E-state index contributed by atoms with van der Waals surface area (Å²) in [7, 11) is -4.63. The van der Waals surface area contributed by atoms with Crippen LogP contribution >= 0.6 is 15.8 Å². The van der Waals surface area contributed by atoms with Crippen molar-refractivity contribution in [3.05, 3.63) is 216 Å². The highest BCUT2D eigenvalue weighted by atomic mass is 32.2. The van der Waals surface area contributed by atoms with Crippen molar-refractivity contribution in [3.63, 3.8) is 0 Å². The molecule has 57 heavy (non-hydrogen) atoms. The van der Waals surface area contributed by atoms with Crippen molar-refractivity contribution in [2.45, 2.75) is 39.0 Å². The Bertz CT molecular complexity index is 2230. The van der Waals surface area contributed by atoms with Crippen LogP contribution in [0.15, 0.2) is 199 Å². The predicted octanol–water partition coefficient (Wildman–Crippen LogP) is 10.2. The van der Waals surface area contributed by atoms with Crippen LogP contribution in [0, 0.1) is 20.8 Å². The fraction of sp³-hybridized carbons (Fsp3) is 0.122. The van der Waals surface area contributed by atoms with Gasteiger partial charge in [-0.25, -0.2) is 4.79 Å². The van der Waals surface area contributed by atoms with Gasteiger partial charge < -0.3 is 5.11 Å². The Labute approximate surface area is 341 Å². The molecule has 5 nitrogen and oxygen atoms in total. The molecule has 2 N–H and O–H groups in total. The van der Waals surface area contributed by atoms with E-state index in [1.807, 2.05) is 13.8 Å². The van der Waals surface area contributed by atoms with Crippen LogP contribution in [-0.4, -0.2) is 30.2 Å². The smallest absolute Gasteiger partial charge is 0.335 e. The zero-order chi connectivity index (χ0) is 41.0. The average Bonchev–Trinajstić information content (AvgIpc) is 3.23. The van der Waals surface area contributed by atoms with Crippen molar-refractivity contribution < 1.29 is 22.9 Å². The minimum Gasteiger partial charge on any atom is -0.478 e. The summed E-state index contributed by atoms with van der Waals surface area (Å²) in [5.41, 5.74) is 3.68. The van der Waals surface area contributed by atoms with Gasteiger partial charge in [-0.05, 0) is 93.6 Å². The Morgan fingerprint density at radius 1 is 0.474 bits per heavy atom. The van der Waals surface area contributed by atoms with Gasteiger partial charge in [-0.15, -0.1) is 0 Å². The van der Waals surface area contributed by atoms with E-state index in [9.17, 15) is 13.2 Å². The third-order valence-corrected chi connectivity index (χ3v) is 14.6. The van der Waals surface area contributed by atoms with Gasteiger partial charge in [0.05, 0.1) is 10.5 Å². The first-order valence-electron chi connectivity index (χ1n) is 18.6. The van der Waals surface area contributed by atoms with Crippen LogP contribution in [0.25, 0.3) is 0 Å². The van der Waals surface area contributed by atoms with Gasteiger partial charge in [0.2, 0.25) is 0 Å². The molecule has 0 saturated heterocycles. The highest BCUT2D eigenvalue weighted by Crippen LogP contribution is 2.34. The SMILES string of the molecule is CCCP(c1ccccc1)c1ccccc1.Cc1ccc(C(=O)O)cc1.Cc1ccc(P(c2ccccc2)c2ccccc2)cc1.Cc1ccc(S(=O)(=O)O)cc1. The van der Waals surface area contributed by atoms with Crippen molar-refractivity contribution >= 4 is 58.5 Å². The van der Waals surface area contributed by atoms with Crippen molar-refractivity contribution in [1.82, 2.24) is 0 Å². The van der Waals surface area contributed by atoms with Crippen LogP contribution < -0.4 is 26.5 Å². The largest absolute Gasteiger partial charge is 0.478 e. The summed E-state index contributed by atoms with van der Waals surface area (Å²) in [4.78, 5) is 10.2. The van der Waals surface area contributed by atoms with Crippen LogP contribution in [0.2, 0.25) is 0 Å². The van der Waals surface area contributed by atoms with E-state index in [1.54, 1.807) is 36.4 Å². The van der Waals surface area contributed by atoms with Gasteiger partial charge in [0.25, 0.3) is 10.1 Å². The van der Waals surface area contributed by atoms with E-state index in [0.29, 0.717) is 5.56 Å². The van der Waals surface area contributed by atoms with Crippen molar-refractivity contribution in [1.29, 1.82) is 0 Å². The molecule has 0 aliphatic heterocycles. The van der Waals surface area contributed by atoms with E-state index in [-0.39, 0.29) is 12.8 Å². The van der Waals surface area contributed by atoms with Crippen LogP contribution in [0.4, 0.5) is 0 Å². The van der Waals surface area contributed by atoms with Crippen molar-refractivity contribution in [2.24, 2.45) is 0 Å². The van der Waals surface area contributed by atoms with Gasteiger partial charge in [-0.2, -0.15) is 8.42 Å². The molecule has 0 radical (unpaired) electrons. The first-order valence-corrected chi connectivity index (χ1v) is 23.0. The van der Waals surface area contributed by atoms with Gasteiger partial charge in [0.15, 0.2) is 0 Å². The third kappa shape index (κ3) is 15.0. The molecular formula is C49H50O5P2S. The minimum atomic E-state index is -4.02. The molecule has 0 aliphatic carbocycles. The predicted molar refractivity (Wildman–Crippen MR) is 243 cm³/mol. The molecule has 0 aromatic heterocycles. The summed E-state index contributed by atoms with van der Waals surface area (Å²) in [6, 6.07) is 65.1. The molecular weight excluding hydrogens is 763 g/mol. The zero-order valence-corrected chi connectivity index (χ0v) is 35.4. The molecule has 7 aromatic carbocycles. The number of hydrogen-bond acceptors (Lipinski definition) is 3. The Hall–Kier alpha value is -5.22. The first-order chi connectivity index (χ1) is 27.5. The Kier molecular flexibility index (Phi) is 18.0. The lowest BCUT2D eigenvalue weighted by Crippen LogP contribution is -2.20. The maximum atomic E-state index is 10.5. The zero-order valence-electron chi connectivity index (χ0n) is 32.8. The quantitative estimate of drug-likeness (QED) is 0.112. The number of aryl methyl sites for hydroxylation is 3. The van der Waals surface area contributed by atoms with Crippen LogP contribution in [-0.2, 0) is 10.1 Å². The third-order valence-electron chi connectivity index (χ3n) is 8.52. The van der Waals surface area contributed by atoms with Gasteiger partial charge in [-0.1, -0.05) is 200 Å². The maximum absolute atomic E-state index is 10.5. The summed E-state index contributed by atoms with van der Waals surface area (Å²) in [5, 5.41) is 15.7. The molecule has 292 valence electrons. The van der Waals surface area contributed by atoms with E-state index < -0.39 is 24.0 Å². The van der Waals surface area contributed by atoms with E-state index >= 15 is 0 Å². The molecule has 0 bridgehead atoms. The summed E-state index contributed by atoms with van der Waals surface area (Å²) in [6.45, 7) is 8.16. The Balaban J connectivity index is 0.000000175. The van der Waals surface area contributed by atoms with Gasteiger partial charge >= 0.3 is 5.97 Å². The molecule has 0 aliphatic rings. The molecule has 0 atom stereocenters. The highest BCUT2D eigenvalue weighted by molar-refractivity contribution is 7.85. The lowest BCUT2D eigenvalue weighted by atomic mass is 10.2. The second-order valence-electron chi connectivity index (χ2n) is 13.1. The fourth-order valence-corrected chi connectivity index (χ4v) is 10.6. The number of carboxylic acids is 1. The molecule has 0 unspecified atom stereocenters. The molecule has 0 amide bonds. The second-order valence-corrected chi connectivity index (χ2v) is 19.1. The van der Waals surface area contributed by atoms with Crippen LogP contribution in [0.5, 0.6) is 0 Å². The number of rotatable bonds is 9. The van der Waals surface area contributed by atoms with E-state index in [0.717, 1.165) is 11.1 Å². The van der Waals surface area contributed by atoms with E-state index in [4.69, 9.17) is 9.66 Å². The number of carboxylic acid groups (broad SMARTS) is 1. The summed E-state index contributed by atoms with van der Waals surface area (Å²) >= 11 is 0. The fourth-order valence-electron chi connectivity index (χ4n) is 5.55. The highest BCUT2D eigenvalue weighted by Gasteiger charge is 2.15. The molecule has 7 rings (SSSR count). The van der Waals surface area contributed by atoms with Gasteiger partial charge in [0, 0.05) is 0 Å². The summed E-state index contributed by atoms with van der Waals surface area (Å²) < 4.78 is 29.6. The average molecular weight is 813 g/mol. The lowest BCUT2D eigenvalue weighted by molar-refractivity contribution is 0.0697. The normalized spacial score (nSPS) is 10.6. The lowest BCUT2D eigenvalue weighted by Gasteiger charge is -2.19. The topological polar surface area (TPSA) is 91.7 Å². The van der Waals surface area contributed by atoms with Crippen molar-refractivity contribution in [3.8, 4) is 0 Å². The van der Waals surface area contributed by atoms with E-state index in [1.165, 1.54) is 56.8 Å². The van der Waals surface area contributed by atoms with Crippen LogP contribution in [0.1, 0.15) is 40.4 Å². The Morgan fingerprint density at radius 2 is 0.789 bits per heavy atom. The molecule has 0 heterocycles. The number of carbonyl (C=O) groups is 1. The maximum Gasteiger partial charge on any atom is 0.335 e. The first kappa shape index (κ1) is 44.5. The summed E-state index contributed by atoms with van der Waals surface area (Å²) in [5.74, 6) is -0.875. The molecule has 8 heteroatoms. The standard InChI is InChI=1S/C19H17P.C15H17P.C8H8O2.C7H8O3S/c1-16-12-14-19(15-13-16)20(17-8-4-2-5-9-17)18-10-6-3-7-11-18;1-2-13-16(14-9-5-3-6-10-14)15-11-7-4-8-12-15;1-6-2-4-7(5-3-6)8(9)10;1-6-2-4-7(5-3-6)11(8,9)10/h2-15H,1H3;3-12H,2,13H2,1H3;2-5H,1H3,(H,9,10);2-5H,1H3,(H,8,9,10). The van der Waals surface area contributed by atoms with Crippen molar-refractivity contribution in [2.75, 3.05) is 6.16 Å². The minimum absolute atomic E-state index is 0.0666. The van der Waals surface area contributed by atoms with Gasteiger partial charge in [0.1, 0.15) is 0 Å². The van der Waals surface area contributed by atoms with E-state index in [2.05, 4.69) is 159 Å². The molecule has 7 aromatic rings. The monoisotopic (exact) mass is 812 g/mol. The number of benzene rings is 7. The summed E-state index contributed by atoms with van der Waals surface area (Å²) in [6.07, 6.45) is 2.53. The molecule has 0 fully saturated rings. The number of hydrogen-bond donors (Lipinski definition) is 2. The molecule has 0 spiro atoms. The molecule has 0 saturated carbocycles. The van der Waals surface area contributed by atoms with Gasteiger partial charge in [-0.3, -0.25) is 4.55 Å². The Morgan fingerprint density at radius 3 is 1.12 bits per heavy atom.